The molecule has 2 atom stereocenters. The third kappa shape index (κ3) is 3.88. The second kappa shape index (κ2) is 7.51. The second-order valence-corrected chi connectivity index (χ2v) is 8.18. The highest BCUT2D eigenvalue weighted by Crippen LogP contribution is 2.44. The Morgan fingerprint density at radius 3 is 2.79 bits per heavy atom. The van der Waals surface area contributed by atoms with Gasteiger partial charge in [-0.2, -0.15) is 5.26 Å². The minimum atomic E-state index is -0.684. The number of rotatable bonds is 6. The summed E-state index contributed by atoms with van der Waals surface area (Å²) >= 11 is 0. The van der Waals surface area contributed by atoms with Crippen LogP contribution in [-0.2, 0) is 0 Å². The molecule has 7 heteroatoms. The maximum Gasteiger partial charge on any atom is 0.267 e. The van der Waals surface area contributed by atoms with Crippen LogP contribution in [-0.4, -0.2) is 30.0 Å². The van der Waals surface area contributed by atoms with Crippen LogP contribution in [0.5, 0.6) is 0 Å². The van der Waals surface area contributed by atoms with Crippen molar-refractivity contribution in [2.24, 2.45) is 11.3 Å². The van der Waals surface area contributed by atoms with Gasteiger partial charge in [-0.25, -0.2) is 8.78 Å². The van der Waals surface area contributed by atoms with Crippen LogP contribution in [0.3, 0.4) is 0 Å². The number of carbonyl (C=O) groups is 1. The summed E-state index contributed by atoms with van der Waals surface area (Å²) in [5, 5.41) is 15.9. The summed E-state index contributed by atoms with van der Waals surface area (Å²) in [5.41, 5.74) is 0.325. The topological polar surface area (TPSA) is 80.7 Å². The van der Waals surface area contributed by atoms with E-state index in [2.05, 4.69) is 21.7 Å². The largest absolute Gasteiger partial charge is 0.350 e. The molecule has 0 bridgehead atoms. The second-order valence-electron chi connectivity index (χ2n) is 8.18. The van der Waals surface area contributed by atoms with Crippen molar-refractivity contribution < 1.29 is 13.6 Å². The molecule has 2 aromatic rings. The van der Waals surface area contributed by atoms with E-state index in [0.717, 1.165) is 51.1 Å². The van der Waals surface area contributed by atoms with Crippen molar-refractivity contribution in [1.82, 2.24) is 15.6 Å². The number of benzene rings is 1. The molecule has 1 amide bonds. The Kier molecular flexibility index (Phi) is 5.07. The first-order valence-corrected chi connectivity index (χ1v) is 9.90. The zero-order valence-corrected chi connectivity index (χ0v) is 15.7. The molecule has 2 saturated carbocycles. The van der Waals surface area contributed by atoms with Gasteiger partial charge in [0.15, 0.2) is 0 Å². The number of aromatic nitrogens is 1. The molecule has 2 aliphatic carbocycles. The van der Waals surface area contributed by atoms with Gasteiger partial charge in [-0.1, -0.05) is 12.8 Å². The molecule has 3 N–H and O–H groups in total. The first-order valence-electron chi connectivity index (χ1n) is 9.90. The summed E-state index contributed by atoms with van der Waals surface area (Å²) < 4.78 is 27.3. The highest BCUT2D eigenvalue weighted by atomic mass is 19.1. The molecule has 1 heterocycles. The quantitative estimate of drug-likeness (QED) is 0.709. The van der Waals surface area contributed by atoms with Crippen LogP contribution < -0.4 is 10.6 Å². The number of halogens is 2. The number of nitriles is 1. The highest BCUT2D eigenvalue weighted by Gasteiger charge is 2.42. The predicted octanol–water partition coefficient (Wildman–Crippen LogP) is 3.63. The fraction of sp³-hybridized carbons (Fsp3) is 0.524. The summed E-state index contributed by atoms with van der Waals surface area (Å²) in [4.78, 5) is 15.5. The van der Waals surface area contributed by atoms with Crippen LogP contribution in [0.2, 0.25) is 0 Å². The fourth-order valence-electron chi connectivity index (χ4n) is 4.15. The lowest BCUT2D eigenvalue weighted by atomic mass is 9.84. The van der Waals surface area contributed by atoms with Gasteiger partial charge in [0.25, 0.3) is 5.91 Å². The van der Waals surface area contributed by atoms with Crippen LogP contribution in [0.25, 0.3) is 10.9 Å². The van der Waals surface area contributed by atoms with Crippen LogP contribution >= 0.6 is 0 Å². The van der Waals surface area contributed by atoms with Crippen LogP contribution in [0.15, 0.2) is 18.2 Å². The molecule has 0 radical (unpaired) electrons. The van der Waals surface area contributed by atoms with E-state index in [9.17, 15) is 18.8 Å². The van der Waals surface area contributed by atoms with Crippen molar-refractivity contribution >= 4 is 16.8 Å². The maximum atomic E-state index is 13.9. The molecule has 4 rings (SSSR count). The average molecular weight is 386 g/mol. The summed E-state index contributed by atoms with van der Waals surface area (Å²) in [5.74, 6) is -1.37. The zero-order chi connectivity index (χ0) is 19.7. The highest BCUT2D eigenvalue weighted by molar-refractivity contribution is 5.98. The molecule has 2 fully saturated rings. The number of fused-ring (bicyclic) bond motifs is 1. The molecular formula is C21H24F2N4O. The standard InChI is InChI=1S/C21H24F2N4O/c22-14-7-16(23)15-9-19(26-18(15)8-14)20(28)27-17-4-2-1-3-13(17)10-25-12-21(11-24)5-6-21/h7-9,13,17,25-26H,1-6,10,12H2,(H,27,28)/t13-,17+/m1/s1. The lowest BCUT2D eigenvalue weighted by Gasteiger charge is -2.32. The number of amides is 1. The Morgan fingerprint density at radius 1 is 1.25 bits per heavy atom. The molecular weight excluding hydrogens is 362 g/mol. The number of nitrogens with one attached hydrogen (secondary N) is 3. The number of nitrogens with zero attached hydrogens (tertiary/aromatic N) is 1. The van der Waals surface area contributed by atoms with Crippen molar-refractivity contribution in [2.75, 3.05) is 13.1 Å². The number of aromatic amines is 1. The number of hydrogen-bond acceptors (Lipinski definition) is 3. The van der Waals surface area contributed by atoms with E-state index in [4.69, 9.17) is 0 Å². The Hall–Kier alpha value is -2.46. The average Bonchev–Trinajstić information content (AvgIpc) is 3.32. The molecule has 28 heavy (non-hydrogen) atoms. The van der Waals surface area contributed by atoms with Gasteiger partial charge in [0.05, 0.1) is 17.0 Å². The van der Waals surface area contributed by atoms with E-state index >= 15 is 0 Å². The molecule has 0 saturated heterocycles. The molecule has 2 aliphatic rings. The first kappa shape index (κ1) is 18.9. The summed E-state index contributed by atoms with van der Waals surface area (Å²) in [6.45, 7) is 1.47. The summed E-state index contributed by atoms with van der Waals surface area (Å²) in [7, 11) is 0. The Bertz CT molecular complexity index is 928. The van der Waals surface area contributed by atoms with Crippen molar-refractivity contribution in [2.45, 2.75) is 44.6 Å². The zero-order valence-electron chi connectivity index (χ0n) is 15.7. The van der Waals surface area contributed by atoms with Gasteiger partial charge in [-0.05, 0) is 50.3 Å². The molecule has 148 valence electrons. The Morgan fingerprint density at radius 2 is 2.04 bits per heavy atom. The lowest BCUT2D eigenvalue weighted by molar-refractivity contribution is 0.0901. The fourth-order valence-corrected chi connectivity index (χ4v) is 4.15. The van der Waals surface area contributed by atoms with E-state index in [1.807, 2.05) is 0 Å². The smallest absolute Gasteiger partial charge is 0.267 e. The molecule has 0 aliphatic heterocycles. The summed E-state index contributed by atoms with van der Waals surface area (Å²) in [6.07, 6.45) is 6.00. The molecule has 0 unspecified atom stereocenters. The van der Waals surface area contributed by atoms with E-state index in [1.165, 1.54) is 12.1 Å². The van der Waals surface area contributed by atoms with Gasteiger partial charge in [-0.15, -0.1) is 0 Å². The molecule has 1 aromatic heterocycles. The summed E-state index contributed by atoms with van der Waals surface area (Å²) in [6, 6.07) is 5.84. The van der Waals surface area contributed by atoms with Crippen molar-refractivity contribution in [3.8, 4) is 6.07 Å². The van der Waals surface area contributed by atoms with Crippen molar-refractivity contribution in [1.29, 1.82) is 5.26 Å². The third-order valence-electron chi connectivity index (χ3n) is 6.08. The Labute approximate surface area is 162 Å². The maximum absolute atomic E-state index is 13.9. The first-order chi connectivity index (χ1) is 13.5. The van der Waals surface area contributed by atoms with E-state index < -0.39 is 11.6 Å². The monoisotopic (exact) mass is 386 g/mol. The minimum absolute atomic E-state index is 0.0268. The third-order valence-corrected chi connectivity index (χ3v) is 6.08. The van der Waals surface area contributed by atoms with Gasteiger partial charge in [0.2, 0.25) is 0 Å². The van der Waals surface area contributed by atoms with Gasteiger partial charge in [-0.3, -0.25) is 4.79 Å². The minimum Gasteiger partial charge on any atom is -0.350 e. The molecule has 0 spiro atoms. The van der Waals surface area contributed by atoms with E-state index in [0.29, 0.717) is 12.5 Å². The van der Waals surface area contributed by atoms with Gasteiger partial charge < -0.3 is 15.6 Å². The number of H-pyrrole nitrogens is 1. The normalized spacial score (nSPS) is 23.3. The van der Waals surface area contributed by atoms with E-state index in [-0.39, 0.29) is 34.0 Å². The SMILES string of the molecule is N#CC1(CNC[C@H]2CCCC[C@@H]2NC(=O)c2cc3c(F)cc(F)cc3[nH]2)CC1. The van der Waals surface area contributed by atoms with Gasteiger partial charge in [0, 0.05) is 24.0 Å². The van der Waals surface area contributed by atoms with Gasteiger partial charge >= 0.3 is 0 Å². The number of hydrogen-bond donors (Lipinski definition) is 3. The molecule has 1 aromatic carbocycles. The predicted molar refractivity (Wildman–Crippen MR) is 102 cm³/mol. The van der Waals surface area contributed by atoms with Crippen LogP contribution in [0.1, 0.15) is 49.0 Å². The van der Waals surface area contributed by atoms with Crippen molar-refractivity contribution in [3.05, 3.63) is 35.5 Å². The molecule has 5 nitrogen and oxygen atoms in total. The van der Waals surface area contributed by atoms with Crippen LogP contribution in [0.4, 0.5) is 8.78 Å². The Balaban J connectivity index is 1.40. The van der Waals surface area contributed by atoms with Crippen molar-refractivity contribution in [3.63, 3.8) is 0 Å². The lowest BCUT2D eigenvalue weighted by Crippen LogP contribution is -2.46. The number of carbonyl (C=O) groups excluding carboxylic acids is 1. The van der Waals surface area contributed by atoms with Crippen LogP contribution in [0, 0.1) is 34.3 Å². The van der Waals surface area contributed by atoms with E-state index in [1.54, 1.807) is 0 Å². The van der Waals surface area contributed by atoms with Gasteiger partial charge in [0.1, 0.15) is 17.3 Å².